The lowest BCUT2D eigenvalue weighted by Gasteiger charge is -2.17. The van der Waals surface area contributed by atoms with E-state index >= 15 is 0 Å². The maximum Gasteiger partial charge on any atom is 0.266 e. The van der Waals surface area contributed by atoms with Gasteiger partial charge in [-0.05, 0) is 36.4 Å². The van der Waals surface area contributed by atoms with E-state index in [2.05, 4.69) is 4.98 Å². The van der Waals surface area contributed by atoms with Crippen molar-refractivity contribution in [2.75, 3.05) is 5.88 Å². The number of rotatable bonds is 4. The van der Waals surface area contributed by atoms with Gasteiger partial charge in [-0.25, -0.2) is 13.8 Å². The predicted molar refractivity (Wildman–Crippen MR) is 115 cm³/mol. The largest absolute Gasteiger partial charge is 0.269 e. The molecule has 0 fully saturated rings. The molecule has 9 heteroatoms. The van der Waals surface area contributed by atoms with E-state index in [1.54, 1.807) is 48.5 Å². The lowest BCUT2D eigenvalue weighted by molar-refractivity contribution is 0.0684. The third-order valence-corrected chi connectivity index (χ3v) is 6.02. The minimum Gasteiger partial charge on any atom is -0.269 e. The maximum absolute atomic E-state index is 14.6. The van der Waals surface area contributed by atoms with Gasteiger partial charge in [0.25, 0.3) is 17.4 Å². The zero-order valence-electron chi connectivity index (χ0n) is 16.3. The Kier molecular flexibility index (Phi) is 4.82. The third kappa shape index (κ3) is 3.18. The summed E-state index contributed by atoms with van der Waals surface area (Å²) < 4.78 is 29.1. The van der Waals surface area contributed by atoms with Gasteiger partial charge in [-0.15, -0.1) is 0 Å². The van der Waals surface area contributed by atoms with Gasteiger partial charge in [0, 0.05) is 6.07 Å². The van der Waals surface area contributed by atoms with Crippen LogP contribution in [-0.4, -0.2) is 32.1 Å². The minimum absolute atomic E-state index is 0.0655. The van der Waals surface area contributed by atoms with Crippen LogP contribution in [0.25, 0.3) is 16.6 Å². The smallest absolute Gasteiger partial charge is 0.266 e. The van der Waals surface area contributed by atoms with Crippen molar-refractivity contribution in [2.45, 2.75) is 5.16 Å². The zero-order valence-corrected chi connectivity index (χ0v) is 17.1. The van der Waals surface area contributed by atoms with E-state index in [9.17, 15) is 23.2 Å². The van der Waals surface area contributed by atoms with Crippen molar-refractivity contribution in [3.63, 3.8) is 0 Å². The molecular weight excluding hydrogens is 436 g/mol. The number of para-hydroxylation sites is 1. The van der Waals surface area contributed by atoms with Crippen LogP contribution in [0.4, 0.5) is 8.78 Å². The van der Waals surface area contributed by atoms with E-state index < -0.39 is 29.0 Å². The molecule has 32 heavy (non-hydrogen) atoms. The average Bonchev–Trinajstić information content (AvgIpc) is 3.03. The van der Waals surface area contributed by atoms with Gasteiger partial charge < -0.3 is 0 Å². The molecule has 5 rings (SSSR count). The van der Waals surface area contributed by atoms with Crippen LogP contribution in [0.2, 0.25) is 0 Å². The predicted octanol–water partition coefficient (Wildman–Crippen LogP) is 4.01. The van der Waals surface area contributed by atoms with Crippen molar-refractivity contribution in [3.05, 3.63) is 99.8 Å². The van der Waals surface area contributed by atoms with Gasteiger partial charge in [0.05, 0.1) is 33.6 Å². The van der Waals surface area contributed by atoms with Crippen LogP contribution in [0.15, 0.2) is 76.7 Å². The summed E-state index contributed by atoms with van der Waals surface area (Å²) in [4.78, 5) is 44.0. The summed E-state index contributed by atoms with van der Waals surface area (Å²) in [6.07, 6.45) is 0. The van der Waals surface area contributed by atoms with E-state index in [0.29, 0.717) is 22.7 Å². The molecule has 0 saturated carbocycles. The third-order valence-electron chi connectivity index (χ3n) is 5.10. The first-order valence-electron chi connectivity index (χ1n) is 9.51. The summed E-state index contributed by atoms with van der Waals surface area (Å²) in [5, 5.41) is 0.317. The van der Waals surface area contributed by atoms with E-state index in [1.165, 1.54) is 0 Å². The first kappa shape index (κ1) is 20.1. The number of imide groups is 1. The quantitative estimate of drug-likeness (QED) is 0.268. The minimum atomic E-state index is -0.938. The number of carbonyl (C=O) groups is 2. The van der Waals surface area contributed by atoms with Gasteiger partial charge in [0.2, 0.25) is 0 Å². The molecule has 0 atom stereocenters. The summed E-state index contributed by atoms with van der Waals surface area (Å²) in [6, 6.07) is 15.9. The molecule has 2 heterocycles. The second-order valence-electron chi connectivity index (χ2n) is 7.01. The van der Waals surface area contributed by atoms with Crippen LogP contribution in [0, 0.1) is 11.6 Å². The van der Waals surface area contributed by atoms with Crippen molar-refractivity contribution in [2.24, 2.45) is 0 Å². The fourth-order valence-corrected chi connectivity index (χ4v) is 4.52. The molecule has 0 aliphatic carbocycles. The molecule has 6 nitrogen and oxygen atoms in total. The Morgan fingerprint density at radius 3 is 2.19 bits per heavy atom. The van der Waals surface area contributed by atoms with Crippen LogP contribution in [-0.2, 0) is 0 Å². The number of carbonyl (C=O) groups excluding carboxylic acids is 2. The van der Waals surface area contributed by atoms with Gasteiger partial charge in [-0.1, -0.05) is 36.0 Å². The van der Waals surface area contributed by atoms with Crippen LogP contribution in [0.1, 0.15) is 20.7 Å². The van der Waals surface area contributed by atoms with E-state index in [-0.39, 0.29) is 22.1 Å². The molecule has 4 aromatic rings. The lowest BCUT2D eigenvalue weighted by Crippen LogP contribution is -2.30. The lowest BCUT2D eigenvalue weighted by atomic mass is 10.1. The molecule has 0 spiro atoms. The number of amides is 2. The molecule has 0 radical (unpaired) electrons. The Labute approximate surface area is 184 Å². The van der Waals surface area contributed by atoms with Crippen molar-refractivity contribution >= 4 is 34.5 Å². The van der Waals surface area contributed by atoms with E-state index in [1.807, 2.05) is 0 Å². The van der Waals surface area contributed by atoms with E-state index in [4.69, 9.17) is 0 Å². The summed E-state index contributed by atoms with van der Waals surface area (Å²) in [6.45, 7) is 0. The molecule has 1 aliphatic heterocycles. The van der Waals surface area contributed by atoms with Crippen LogP contribution in [0.3, 0.4) is 0 Å². The molecule has 0 N–H and O–H groups in total. The monoisotopic (exact) mass is 449 g/mol. The Morgan fingerprint density at radius 2 is 1.50 bits per heavy atom. The first-order valence-corrected chi connectivity index (χ1v) is 10.5. The normalized spacial score (nSPS) is 13.1. The summed E-state index contributed by atoms with van der Waals surface area (Å²) >= 11 is 0.935. The number of aromatic nitrogens is 2. The zero-order chi connectivity index (χ0) is 22.4. The fraction of sp³-hybridized carbons (Fsp3) is 0.0435. The molecule has 1 aliphatic rings. The van der Waals surface area contributed by atoms with Crippen LogP contribution in [0.5, 0.6) is 0 Å². The van der Waals surface area contributed by atoms with E-state index in [0.717, 1.165) is 33.4 Å². The highest BCUT2D eigenvalue weighted by Crippen LogP contribution is 2.28. The highest BCUT2D eigenvalue weighted by Gasteiger charge is 2.35. The second-order valence-corrected chi connectivity index (χ2v) is 7.92. The molecule has 0 bridgehead atoms. The van der Waals surface area contributed by atoms with Crippen LogP contribution < -0.4 is 5.56 Å². The molecule has 0 unspecified atom stereocenters. The molecule has 1 aromatic heterocycles. The SMILES string of the molecule is O=C1c2ccccc2C(=O)N1CSc1nc2ccccc2c(=O)n1-c1ccc(F)cc1F. The van der Waals surface area contributed by atoms with Gasteiger partial charge in [-0.2, -0.15) is 0 Å². The molecule has 158 valence electrons. The van der Waals surface area contributed by atoms with Crippen LogP contribution >= 0.6 is 11.8 Å². The number of benzene rings is 3. The van der Waals surface area contributed by atoms with Crippen molar-refractivity contribution in [1.82, 2.24) is 14.5 Å². The maximum atomic E-state index is 14.6. The Hall–Kier alpha value is -3.85. The van der Waals surface area contributed by atoms with Crippen molar-refractivity contribution in [1.29, 1.82) is 0 Å². The van der Waals surface area contributed by atoms with Crippen molar-refractivity contribution in [3.8, 4) is 5.69 Å². The molecule has 3 aromatic carbocycles. The summed E-state index contributed by atoms with van der Waals surface area (Å²) in [7, 11) is 0. The van der Waals surface area contributed by atoms with Gasteiger partial charge >= 0.3 is 0 Å². The summed E-state index contributed by atoms with van der Waals surface area (Å²) in [5.74, 6) is -2.78. The fourth-order valence-electron chi connectivity index (χ4n) is 3.56. The van der Waals surface area contributed by atoms with Gasteiger partial charge in [-0.3, -0.25) is 23.9 Å². The number of halogens is 2. The van der Waals surface area contributed by atoms with Crippen molar-refractivity contribution < 1.29 is 18.4 Å². The van der Waals surface area contributed by atoms with Gasteiger partial charge in [0.15, 0.2) is 5.16 Å². The average molecular weight is 449 g/mol. The molecule has 0 saturated heterocycles. The number of hydrogen-bond acceptors (Lipinski definition) is 5. The second kappa shape index (κ2) is 7.69. The topological polar surface area (TPSA) is 72.3 Å². The number of hydrogen-bond donors (Lipinski definition) is 0. The first-order chi connectivity index (χ1) is 15.5. The summed E-state index contributed by atoms with van der Waals surface area (Å²) in [5.41, 5.74) is 0.240. The highest BCUT2D eigenvalue weighted by atomic mass is 32.2. The number of thioether (sulfide) groups is 1. The highest BCUT2D eigenvalue weighted by molar-refractivity contribution is 7.99. The Balaban J connectivity index is 1.59. The molecular formula is C23H13F2N3O3S. The number of nitrogens with zero attached hydrogens (tertiary/aromatic N) is 3. The molecule has 2 amide bonds. The van der Waals surface area contributed by atoms with Gasteiger partial charge in [0.1, 0.15) is 11.6 Å². The Bertz CT molecular complexity index is 1450. The Morgan fingerprint density at radius 1 is 0.844 bits per heavy atom. The standard InChI is InChI=1S/C23H13F2N3O3S/c24-13-9-10-19(17(25)11-13)28-22(31)16-7-3-4-8-18(16)26-23(28)32-12-27-20(29)14-5-1-2-6-15(14)21(27)30/h1-11H,12H2. The number of fused-ring (bicyclic) bond motifs is 2.